The van der Waals surface area contributed by atoms with Crippen LogP contribution in [0.25, 0.3) is 10.9 Å². The highest BCUT2D eigenvalue weighted by Gasteiger charge is 2.02. The van der Waals surface area contributed by atoms with E-state index in [9.17, 15) is 0 Å². The zero-order valence-corrected chi connectivity index (χ0v) is 8.52. The Balaban J connectivity index is 2.82. The van der Waals surface area contributed by atoms with E-state index in [1.165, 1.54) is 8.96 Å². The Morgan fingerprint density at radius 2 is 2.08 bits per heavy atom. The van der Waals surface area contributed by atoms with Gasteiger partial charge in [0, 0.05) is 15.2 Å². The van der Waals surface area contributed by atoms with Crippen molar-refractivity contribution in [3.05, 3.63) is 34.0 Å². The first-order chi connectivity index (χ1) is 5.83. The van der Waals surface area contributed by atoms with Gasteiger partial charge in [-0.3, -0.25) is 0 Å². The first-order valence-electron chi connectivity index (χ1n) is 3.67. The van der Waals surface area contributed by atoms with E-state index in [2.05, 4.69) is 28.7 Å². The molecule has 2 aromatic rings. The number of hydrogen-bond acceptors (Lipinski definition) is 1. The first kappa shape index (κ1) is 8.07. The van der Waals surface area contributed by atoms with Crippen LogP contribution in [0.3, 0.4) is 0 Å². The molecular weight excluding hydrogens is 265 g/mol. The lowest BCUT2D eigenvalue weighted by Gasteiger charge is -1.97. The van der Waals surface area contributed by atoms with Crippen molar-refractivity contribution in [2.24, 2.45) is 0 Å². The van der Waals surface area contributed by atoms with E-state index in [-0.39, 0.29) is 6.73 Å². The van der Waals surface area contributed by atoms with Crippen LogP contribution in [-0.2, 0) is 6.73 Å². The standard InChI is InChI=1S/C9H8INO/c10-8-5-11(6-12)9-4-2-1-3-7(8)9/h1-5,12H,6H2. The molecule has 1 N–H and O–H groups in total. The predicted octanol–water partition coefficient (Wildman–Crippen LogP) is 2.20. The van der Waals surface area contributed by atoms with Crippen molar-refractivity contribution in [3.63, 3.8) is 0 Å². The number of aliphatic hydroxyl groups excluding tert-OH is 1. The third-order valence-corrected chi connectivity index (χ3v) is 2.75. The summed E-state index contributed by atoms with van der Waals surface area (Å²) in [6.45, 7) is 0.0452. The van der Waals surface area contributed by atoms with Gasteiger partial charge in [-0.2, -0.15) is 0 Å². The van der Waals surface area contributed by atoms with Crippen molar-refractivity contribution in [2.45, 2.75) is 6.73 Å². The van der Waals surface area contributed by atoms with E-state index in [4.69, 9.17) is 5.11 Å². The molecule has 0 bridgehead atoms. The van der Waals surface area contributed by atoms with Crippen LogP contribution in [0.1, 0.15) is 0 Å². The summed E-state index contributed by atoms with van der Waals surface area (Å²) in [5.74, 6) is 0. The molecule has 12 heavy (non-hydrogen) atoms. The van der Waals surface area contributed by atoms with Crippen LogP contribution in [0.5, 0.6) is 0 Å². The van der Waals surface area contributed by atoms with Gasteiger partial charge in [0.05, 0.1) is 5.52 Å². The van der Waals surface area contributed by atoms with Crippen LogP contribution in [-0.4, -0.2) is 9.67 Å². The maximum absolute atomic E-state index is 9.01. The quantitative estimate of drug-likeness (QED) is 0.792. The average Bonchev–Trinajstić information content (AvgIpc) is 2.44. The molecule has 0 saturated heterocycles. The third kappa shape index (κ3) is 1.13. The van der Waals surface area contributed by atoms with E-state index in [1.54, 1.807) is 0 Å². The molecule has 1 aromatic heterocycles. The van der Waals surface area contributed by atoms with Gasteiger partial charge in [0.1, 0.15) is 6.73 Å². The zero-order valence-electron chi connectivity index (χ0n) is 6.37. The first-order valence-corrected chi connectivity index (χ1v) is 4.75. The SMILES string of the molecule is OCn1cc(I)c2ccccc21. The second-order valence-electron chi connectivity index (χ2n) is 2.61. The van der Waals surface area contributed by atoms with Gasteiger partial charge in [-0.1, -0.05) is 18.2 Å². The van der Waals surface area contributed by atoms with Gasteiger partial charge in [0.2, 0.25) is 0 Å². The van der Waals surface area contributed by atoms with E-state index in [0.29, 0.717) is 0 Å². The van der Waals surface area contributed by atoms with Crippen LogP contribution < -0.4 is 0 Å². The Hall–Kier alpha value is -0.550. The molecule has 0 aliphatic carbocycles. The summed E-state index contributed by atoms with van der Waals surface area (Å²) >= 11 is 2.27. The van der Waals surface area contributed by atoms with Crippen molar-refractivity contribution < 1.29 is 5.11 Å². The second kappa shape index (κ2) is 3.06. The van der Waals surface area contributed by atoms with E-state index >= 15 is 0 Å². The van der Waals surface area contributed by atoms with E-state index < -0.39 is 0 Å². The highest BCUT2D eigenvalue weighted by Crippen LogP contribution is 2.21. The molecule has 0 aliphatic rings. The maximum Gasteiger partial charge on any atom is 0.119 e. The molecule has 0 saturated carbocycles. The van der Waals surface area contributed by atoms with Gasteiger partial charge in [0.15, 0.2) is 0 Å². The molecule has 0 radical (unpaired) electrons. The topological polar surface area (TPSA) is 25.2 Å². The lowest BCUT2D eigenvalue weighted by atomic mass is 10.2. The maximum atomic E-state index is 9.01. The molecule has 2 rings (SSSR count). The molecule has 2 nitrogen and oxygen atoms in total. The fourth-order valence-electron chi connectivity index (χ4n) is 1.32. The van der Waals surface area contributed by atoms with Crippen LogP contribution >= 0.6 is 22.6 Å². The van der Waals surface area contributed by atoms with Crippen molar-refractivity contribution >= 4 is 33.5 Å². The Kier molecular flexibility index (Phi) is 2.06. The number of rotatable bonds is 1. The van der Waals surface area contributed by atoms with Gasteiger partial charge in [-0.15, -0.1) is 0 Å². The number of para-hydroxylation sites is 1. The van der Waals surface area contributed by atoms with Gasteiger partial charge >= 0.3 is 0 Å². The molecule has 0 unspecified atom stereocenters. The van der Waals surface area contributed by atoms with Gasteiger partial charge in [-0.25, -0.2) is 0 Å². The van der Waals surface area contributed by atoms with Gasteiger partial charge < -0.3 is 9.67 Å². The summed E-state index contributed by atoms with van der Waals surface area (Å²) < 4.78 is 3.01. The minimum atomic E-state index is 0.0452. The third-order valence-electron chi connectivity index (χ3n) is 1.89. The zero-order chi connectivity index (χ0) is 8.55. The highest BCUT2D eigenvalue weighted by atomic mass is 127. The Labute approximate surface area is 84.0 Å². The molecule has 0 amide bonds. The van der Waals surface area contributed by atoms with Crippen LogP contribution in [0.15, 0.2) is 30.5 Å². The molecule has 0 fully saturated rings. The van der Waals surface area contributed by atoms with Crippen LogP contribution in [0, 0.1) is 3.57 Å². The van der Waals surface area contributed by atoms with E-state index in [0.717, 1.165) is 5.52 Å². The average molecular weight is 273 g/mol. The summed E-state index contributed by atoms with van der Waals surface area (Å²) in [5, 5.41) is 10.2. The number of aromatic nitrogens is 1. The lowest BCUT2D eigenvalue weighted by Crippen LogP contribution is -1.92. The predicted molar refractivity (Wildman–Crippen MR) is 56.9 cm³/mol. The normalized spacial score (nSPS) is 10.8. The Morgan fingerprint density at radius 1 is 1.33 bits per heavy atom. The minimum Gasteiger partial charge on any atom is -0.376 e. The van der Waals surface area contributed by atoms with Gasteiger partial charge in [0.25, 0.3) is 0 Å². The minimum absolute atomic E-state index is 0.0452. The van der Waals surface area contributed by atoms with Crippen LogP contribution in [0.2, 0.25) is 0 Å². The van der Waals surface area contributed by atoms with Crippen molar-refractivity contribution in [2.75, 3.05) is 0 Å². The Bertz CT molecular complexity index is 408. The smallest absolute Gasteiger partial charge is 0.119 e. The molecule has 1 heterocycles. The number of fused-ring (bicyclic) bond motifs is 1. The fourth-order valence-corrected chi connectivity index (χ4v) is 2.11. The van der Waals surface area contributed by atoms with Crippen molar-refractivity contribution in [3.8, 4) is 0 Å². The molecule has 0 aliphatic heterocycles. The van der Waals surface area contributed by atoms with E-state index in [1.807, 2.05) is 29.0 Å². The van der Waals surface area contributed by atoms with Crippen LogP contribution in [0.4, 0.5) is 0 Å². The highest BCUT2D eigenvalue weighted by molar-refractivity contribution is 14.1. The number of benzene rings is 1. The van der Waals surface area contributed by atoms with Crippen molar-refractivity contribution in [1.82, 2.24) is 4.57 Å². The number of nitrogens with zero attached hydrogens (tertiary/aromatic N) is 1. The fraction of sp³-hybridized carbons (Fsp3) is 0.111. The molecule has 0 atom stereocenters. The molecular formula is C9H8INO. The van der Waals surface area contributed by atoms with Gasteiger partial charge in [-0.05, 0) is 28.7 Å². The number of hydrogen-bond donors (Lipinski definition) is 1. The largest absolute Gasteiger partial charge is 0.376 e. The Morgan fingerprint density at radius 3 is 2.83 bits per heavy atom. The molecule has 62 valence electrons. The summed E-state index contributed by atoms with van der Waals surface area (Å²) in [6.07, 6.45) is 1.95. The summed E-state index contributed by atoms with van der Waals surface area (Å²) in [7, 11) is 0. The summed E-state index contributed by atoms with van der Waals surface area (Å²) in [5.41, 5.74) is 1.09. The lowest BCUT2D eigenvalue weighted by molar-refractivity contribution is 0.215. The number of halogens is 1. The van der Waals surface area contributed by atoms with Crippen molar-refractivity contribution in [1.29, 1.82) is 0 Å². The summed E-state index contributed by atoms with van der Waals surface area (Å²) in [4.78, 5) is 0. The molecule has 0 spiro atoms. The monoisotopic (exact) mass is 273 g/mol. The summed E-state index contributed by atoms with van der Waals surface area (Å²) in [6, 6.07) is 8.05. The molecule has 1 aromatic carbocycles. The molecule has 3 heteroatoms. The second-order valence-corrected chi connectivity index (χ2v) is 3.77. The number of aliphatic hydroxyl groups is 1.